The second kappa shape index (κ2) is 11.5. The summed E-state index contributed by atoms with van der Waals surface area (Å²) >= 11 is 3.43. The van der Waals surface area contributed by atoms with E-state index in [2.05, 4.69) is 27.6 Å². The van der Waals surface area contributed by atoms with Crippen LogP contribution in [0.5, 0.6) is 17.2 Å². The monoisotopic (exact) mass is 634 g/mol. The number of carbonyl (C=O) groups is 1. The van der Waals surface area contributed by atoms with E-state index in [1.54, 1.807) is 38.7 Å². The van der Waals surface area contributed by atoms with Gasteiger partial charge in [-0.2, -0.15) is 0 Å². The molecule has 10 heteroatoms. The SMILES string of the molecule is CCOC(=O)C1=C(C)N=c2s/c(=C\c3cc(I)c(OC)c(OC)c3)c(=O)n2[C@H]1c1ccccc1OCC. The van der Waals surface area contributed by atoms with Gasteiger partial charge in [0.1, 0.15) is 11.8 Å². The summed E-state index contributed by atoms with van der Waals surface area (Å²) in [6, 6.07) is 10.4. The van der Waals surface area contributed by atoms with E-state index >= 15 is 0 Å². The number of hydrogen-bond donors (Lipinski definition) is 0. The molecule has 0 fully saturated rings. The number of esters is 1. The van der Waals surface area contributed by atoms with Crippen LogP contribution in [0.2, 0.25) is 0 Å². The molecule has 1 aliphatic rings. The summed E-state index contributed by atoms with van der Waals surface area (Å²) in [6.45, 7) is 6.04. The molecule has 37 heavy (non-hydrogen) atoms. The van der Waals surface area contributed by atoms with Gasteiger partial charge in [0, 0.05) is 5.56 Å². The number of nitrogens with zero attached hydrogens (tertiary/aromatic N) is 2. The largest absolute Gasteiger partial charge is 0.494 e. The molecule has 0 unspecified atom stereocenters. The zero-order chi connectivity index (χ0) is 26.7. The maximum Gasteiger partial charge on any atom is 0.338 e. The highest BCUT2D eigenvalue weighted by Gasteiger charge is 2.35. The van der Waals surface area contributed by atoms with E-state index in [1.807, 2.05) is 43.3 Å². The van der Waals surface area contributed by atoms with Gasteiger partial charge >= 0.3 is 5.97 Å². The molecule has 8 nitrogen and oxygen atoms in total. The number of ether oxygens (including phenoxy) is 4. The van der Waals surface area contributed by atoms with Crippen molar-refractivity contribution in [1.29, 1.82) is 0 Å². The van der Waals surface area contributed by atoms with Gasteiger partial charge in [0.15, 0.2) is 16.3 Å². The number of allylic oxidation sites excluding steroid dienone is 1. The van der Waals surface area contributed by atoms with Crippen molar-refractivity contribution in [2.45, 2.75) is 26.8 Å². The first kappa shape index (κ1) is 26.9. The minimum Gasteiger partial charge on any atom is -0.494 e. The van der Waals surface area contributed by atoms with Crippen LogP contribution in [0.3, 0.4) is 0 Å². The number of fused-ring (bicyclic) bond motifs is 1. The number of thiazole rings is 1. The number of halogens is 1. The topological polar surface area (TPSA) is 88.4 Å². The lowest BCUT2D eigenvalue weighted by molar-refractivity contribution is -0.139. The summed E-state index contributed by atoms with van der Waals surface area (Å²) in [7, 11) is 3.16. The summed E-state index contributed by atoms with van der Waals surface area (Å²) < 4.78 is 25.0. The average molecular weight is 634 g/mol. The number of methoxy groups -OCH3 is 2. The van der Waals surface area contributed by atoms with Crippen LogP contribution in [-0.4, -0.2) is 38.0 Å². The van der Waals surface area contributed by atoms with Crippen LogP contribution in [0.25, 0.3) is 6.08 Å². The van der Waals surface area contributed by atoms with Crippen LogP contribution in [0, 0.1) is 3.57 Å². The summed E-state index contributed by atoms with van der Waals surface area (Å²) in [5.41, 5.74) is 2.02. The molecule has 0 spiro atoms. The smallest absolute Gasteiger partial charge is 0.338 e. The van der Waals surface area contributed by atoms with Gasteiger partial charge in [0.2, 0.25) is 0 Å². The third-order valence-electron chi connectivity index (χ3n) is 5.78. The standard InChI is InChI=1S/C27H27IN2O6S/c1-6-35-19-11-9-8-10-17(19)23-22(26(32)36-7-2)15(3)29-27-30(23)25(31)21(37-27)14-16-12-18(28)24(34-5)20(13-16)33-4/h8-14,23H,6-7H2,1-5H3/b21-14-/t23-/m0/s1. The summed E-state index contributed by atoms with van der Waals surface area (Å²) in [5, 5.41) is 0. The van der Waals surface area contributed by atoms with Gasteiger partial charge in [-0.1, -0.05) is 29.5 Å². The molecule has 2 aromatic carbocycles. The fourth-order valence-corrected chi connectivity index (χ4v) is 6.14. The maximum absolute atomic E-state index is 13.9. The molecule has 194 valence electrons. The van der Waals surface area contributed by atoms with Crippen LogP contribution in [0.15, 0.2) is 57.5 Å². The van der Waals surface area contributed by atoms with Gasteiger partial charge in [-0.3, -0.25) is 9.36 Å². The Labute approximate surface area is 232 Å². The first-order valence-corrected chi connectivity index (χ1v) is 13.6. The van der Waals surface area contributed by atoms with Gasteiger partial charge in [-0.25, -0.2) is 9.79 Å². The summed E-state index contributed by atoms with van der Waals surface area (Å²) in [4.78, 5) is 32.1. The Kier molecular flexibility index (Phi) is 8.38. The van der Waals surface area contributed by atoms with Crippen molar-refractivity contribution in [3.05, 3.63) is 82.1 Å². The highest BCUT2D eigenvalue weighted by Crippen LogP contribution is 2.36. The first-order chi connectivity index (χ1) is 17.8. The number of rotatable bonds is 8. The minimum atomic E-state index is -0.745. The Morgan fingerprint density at radius 1 is 1.14 bits per heavy atom. The Balaban J connectivity index is 1.97. The first-order valence-electron chi connectivity index (χ1n) is 11.7. The lowest BCUT2D eigenvalue weighted by atomic mass is 9.95. The van der Waals surface area contributed by atoms with Crippen molar-refractivity contribution in [1.82, 2.24) is 4.57 Å². The molecule has 0 radical (unpaired) electrons. The van der Waals surface area contributed by atoms with Crippen LogP contribution < -0.4 is 29.1 Å². The fourth-order valence-electron chi connectivity index (χ4n) is 4.25. The molecule has 4 rings (SSSR count). The van der Waals surface area contributed by atoms with E-state index in [0.29, 0.717) is 50.0 Å². The molecule has 0 aliphatic carbocycles. The second-order valence-corrected chi connectivity index (χ2v) is 10.2. The molecule has 0 bridgehead atoms. The second-order valence-electron chi connectivity index (χ2n) is 8.01. The van der Waals surface area contributed by atoms with E-state index in [9.17, 15) is 9.59 Å². The molecule has 1 aliphatic heterocycles. The van der Waals surface area contributed by atoms with Gasteiger partial charge in [-0.05, 0) is 73.2 Å². The quantitative estimate of drug-likeness (QED) is 0.277. The molecule has 0 saturated heterocycles. The number of aromatic nitrogens is 1. The Morgan fingerprint density at radius 3 is 2.57 bits per heavy atom. The predicted molar refractivity (Wildman–Crippen MR) is 150 cm³/mol. The summed E-state index contributed by atoms with van der Waals surface area (Å²) in [5.74, 6) is 1.28. The molecule has 1 atom stereocenters. The maximum atomic E-state index is 13.9. The van der Waals surface area contributed by atoms with Gasteiger partial charge in [0.05, 0.1) is 46.8 Å². The zero-order valence-corrected chi connectivity index (χ0v) is 24.1. The lowest BCUT2D eigenvalue weighted by Gasteiger charge is -2.26. The van der Waals surface area contributed by atoms with Gasteiger partial charge in [-0.15, -0.1) is 0 Å². The zero-order valence-electron chi connectivity index (χ0n) is 21.2. The van der Waals surface area contributed by atoms with Crippen molar-refractivity contribution in [3.63, 3.8) is 0 Å². The fraction of sp³-hybridized carbons (Fsp3) is 0.296. The van der Waals surface area contributed by atoms with Crippen LogP contribution >= 0.6 is 33.9 Å². The number of para-hydroxylation sites is 1. The predicted octanol–water partition coefficient (Wildman–Crippen LogP) is 3.82. The molecule has 2 heterocycles. The van der Waals surface area contributed by atoms with Crippen LogP contribution in [0.4, 0.5) is 0 Å². The minimum absolute atomic E-state index is 0.206. The molecule has 0 saturated carbocycles. The third-order valence-corrected chi connectivity index (χ3v) is 7.57. The van der Waals surface area contributed by atoms with E-state index < -0.39 is 12.0 Å². The third kappa shape index (κ3) is 5.17. The van der Waals surface area contributed by atoms with Crippen molar-refractivity contribution < 1.29 is 23.7 Å². The van der Waals surface area contributed by atoms with Crippen molar-refractivity contribution >= 4 is 46.0 Å². The van der Waals surface area contributed by atoms with E-state index in [4.69, 9.17) is 18.9 Å². The molecular weight excluding hydrogens is 607 g/mol. The normalized spacial score (nSPS) is 15.2. The van der Waals surface area contributed by atoms with E-state index in [-0.39, 0.29) is 12.2 Å². The molecule has 0 N–H and O–H groups in total. The Morgan fingerprint density at radius 2 is 1.89 bits per heavy atom. The molecule has 0 amide bonds. The van der Waals surface area contributed by atoms with Gasteiger partial charge in [0.25, 0.3) is 5.56 Å². The number of benzene rings is 2. The molecule has 1 aromatic heterocycles. The van der Waals surface area contributed by atoms with Gasteiger partial charge < -0.3 is 18.9 Å². The molecular formula is C27H27IN2O6S. The van der Waals surface area contributed by atoms with Crippen molar-refractivity contribution in [3.8, 4) is 17.2 Å². The van der Waals surface area contributed by atoms with E-state index in [1.165, 1.54) is 11.3 Å². The summed E-state index contributed by atoms with van der Waals surface area (Å²) in [6.07, 6.45) is 1.79. The highest BCUT2D eigenvalue weighted by atomic mass is 127. The molecule has 3 aromatic rings. The number of carbonyl (C=O) groups excluding carboxylic acids is 1. The average Bonchev–Trinajstić information content (AvgIpc) is 3.17. The van der Waals surface area contributed by atoms with Crippen molar-refractivity contribution in [2.75, 3.05) is 27.4 Å². The van der Waals surface area contributed by atoms with E-state index in [0.717, 1.165) is 9.13 Å². The number of hydrogen-bond acceptors (Lipinski definition) is 8. The lowest BCUT2D eigenvalue weighted by Crippen LogP contribution is -2.40. The van der Waals surface area contributed by atoms with Crippen molar-refractivity contribution in [2.24, 2.45) is 4.99 Å². The Hall–Kier alpha value is -3.12. The van der Waals surface area contributed by atoms with Crippen LogP contribution in [-0.2, 0) is 9.53 Å². The van der Waals surface area contributed by atoms with Crippen LogP contribution in [0.1, 0.15) is 37.9 Å². The Bertz CT molecular complexity index is 1560. The highest BCUT2D eigenvalue weighted by molar-refractivity contribution is 14.1.